The lowest BCUT2D eigenvalue weighted by Gasteiger charge is -2.06. The van der Waals surface area contributed by atoms with E-state index in [-0.39, 0.29) is 6.42 Å². The molecule has 1 heterocycles. The number of nitrogens with zero attached hydrogens (tertiary/aromatic N) is 2. The number of halogens is 3. The van der Waals surface area contributed by atoms with E-state index in [1.165, 1.54) is 0 Å². The van der Waals surface area contributed by atoms with Gasteiger partial charge in [0.05, 0.1) is 17.7 Å². The molecule has 0 saturated carbocycles. The number of hydrogen-bond acceptors (Lipinski definition) is 2. The second kappa shape index (κ2) is 5.48. The van der Waals surface area contributed by atoms with Gasteiger partial charge in [0.1, 0.15) is 0 Å². The van der Waals surface area contributed by atoms with E-state index < -0.39 is 28.8 Å². The molecular formula is C14H13F3N2O. The lowest BCUT2D eigenvalue weighted by molar-refractivity contribution is 0.0985. The van der Waals surface area contributed by atoms with Crippen LogP contribution >= 0.6 is 0 Å². The number of hydrogen-bond donors (Lipinski definition) is 0. The lowest BCUT2D eigenvalue weighted by atomic mass is 10.1. The minimum atomic E-state index is -1.63. The Balaban J connectivity index is 2.31. The summed E-state index contributed by atoms with van der Waals surface area (Å²) in [4.78, 5) is 12.0. The summed E-state index contributed by atoms with van der Waals surface area (Å²) in [6, 6.07) is 3.41. The van der Waals surface area contributed by atoms with E-state index in [4.69, 9.17) is 0 Å². The highest BCUT2D eigenvalue weighted by Gasteiger charge is 2.20. The molecule has 0 spiro atoms. The van der Waals surface area contributed by atoms with Gasteiger partial charge >= 0.3 is 0 Å². The first-order chi connectivity index (χ1) is 9.43. The van der Waals surface area contributed by atoms with Crippen LogP contribution in [0.15, 0.2) is 18.2 Å². The molecule has 2 rings (SSSR count). The largest absolute Gasteiger partial charge is 0.294 e. The predicted octanol–water partition coefficient (Wildman–Crippen LogP) is 3.05. The van der Waals surface area contributed by atoms with Gasteiger partial charge in [-0.2, -0.15) is 5.10 Å². The Morgan fingerprint density at radius 2 is 1.95 bits per heavy atom. The minimum Gasteiger partial charge on any atom is -0.294 e. The van der Waals surface area contributed by atoms with E-state index in [1.54, 1.807) is 17.7 Å². The Bertz CT molecular complexity index is 665. The number of aromatic nitrogens is 2. The fraction of sp³-hybridized carbons (Fsp3) is 0.286. The van der Waals surface area contributed by atoms with E-state index in [9.17, 15) is 18.0 Å². The summed E-state index contributed by atoms with van der Waals surface area (Å²) in [5.74, 6) is -5.00. The zero-order valence-corrected chi connectivity index (χ0v) is 11.1. The van der Waals surface area contributed by atoms with E-state index in [0.717, 1.165) is 17.8 Å². The lowest BCUT2D eigenvalue weighted by Crippen LogP contribution is -2.12. The fourth-order valence-corrected chi connectivity index (χ4v) is 2.02. The van der Waals surface area contributed by atoms with Gasteiger partial charge in [-0.05, 0) is 32.0 Å². The van der Waals surface area contributed by atoms with Gasteiger partial charge < -0.3 is 0 Å². The number of benzene rings is 1. The Hall–Kier alpha value is -2.11. The molecule has 0 aliphatic heterocycles. The maximum atomic E-state index is 13.5. The number of carbonyl (C=O) groups is 1. The highest BCUT2D eigenvalue weighted by molar-refractivity contribution is 5.97. The summed E-state index contributed by atoms with van der Waals surface area (Å²) in [5.41, 5.74) is 0.893. The van der Waals surface area contributed by atoms with Crippen LogP contribution in [-0.2, 0) is 13.0 Å². The summed E-state index contributed by atoms with van der Waals surface area (Å²) < 4.78 is 41.1. The van der Waals surface area contributed by atoms with Gasteiger partial charge in [-0.3, -0.25) is 9.48 Å². The molecule has 0 saturated heterocycles. The highest BCUT2D eigenvalue weighted by Crippen LogP contribution is 2.17. The molecule has 3 nitrogen and oxygen atoms in total. The third kappa shape index (κ3) is 2.59. The molecule has 0 bridgehead atoms. The monoisotopic (exact) mass is 282 g/mol. The van der Waals surface area contributed by atoms with Crippen LogP contribution in [0.2, 0.25) is 0 Å². The molecule has 0 atom stereocenters. The zero-order valence-electron chi connectivity index (χ0n) is 11.1. The summed E-state index contributed by atoms with van der Waals surface area (Å²) in [7, 11) is 0. The van der Waals surface area contributed by atoms with Crippen molar-refractivity contribution >= 4 is 5.78 Å². The summed E-state index contributed by atoms with van der Waals surface area (Å²) in [6.07, 6.45) is -0.114. The third-order valence-corrected chi connectivity index (χ3v) is 2.96. The number of rotatable bonds is 4. The average molecular weight is 282 g/mol. The Labute approximate surface area is 114 Å². The quantitative estimate of drug-likeness (QED) is 0.638. The van der Waals surface area contributed by atoms with Gasteiger partial charge in [0.2, 0.25) is 0 Å². The number of aryl methyl sites for hydroxylation is 2. The van der Waals surface area contributed by atoms with Crippen LogP contribution < -0.4 is 0 Å². The molecule has 0 fully saturated rings. The van der Waals surface area contributed by atoms with E-state index in [0.29, 0.717) is 12.2 Å². The molecule has 106 valence electrons. The van der Waals surface area contributed by atoms with Gasteiger partial charge in [0, 0.05) is 12.2 Å². The molecule has 0 aliphatic carbocycles. The zero-order chi connectivity index (χ0) is 14.9. The van der Waals surface area contributed by atoms with Crippen LogP contribution in [0.3, 0.4) is 0 Å². The van der Waals surface area contributed by atoms with Crippen molar-refractivity contribution < 1.29 is 18.0 Å². The van der Waals surface area contributed by atoms with Crippen LogP contribution in [0.1, 0.15) is 28.7 Å². The molecule has 20 heavy (non-hydrogen) atoms. The molecule has 1 aromatic carbocycles. The molecule has 0 amide bonds. The van der Waals surface area contributed by atoms with E-state index in [2.05, 4.69) is 5.10 Å². The number of Topliss-reactive ketones (excluding diaryl/α,β-unsaturated/α-hetero) is 1. The van der Waals surface area contributed by atoms with Crippen LogP contribution in [0, 0.1) is 24.4 Å². The molecule has 2 aromatic rings. The van der Waals surface area contributed by atoms with Gasteiger partial charge in [0.25, 0.3) is 0 Å². The Morgan fingerprint density at radius 1 is 1.25 bits per heavy atom. The van der Waals surface area contributed by atoms with Crippen LogP contribution in [0.25, 0.3) is 0 Å². The normalized spacial score (nSPS) is 10.8. The Morgan fingerprint density at radius 3 is 2.60 bits per heavy atom. The summed E-state index contributed by atoms with van der Waals surface area (Å²) in [5, 5.41) is 4.17. The third-order valence-electron chi connectivity index (χ3n) is 2.96. The summed E-state index contributed by atoms with van der Waals surface area (Å²) >= 11 is 0. The first-order valence-corrected chi connectivity index (χ1v) is 6.14. The number of ketones is 1. The van der Waals surface area contributed by atoms with Crippen molar-refractivity contribution in [2.75, 3.05) is 0 Å². The van der Waals surface area contributed by atoms with Crippen molar-refractivity contribution in [3.63, 3.8) is 0 Å². The van der Waals surface area contributed by atoms with Crippen molar-refractivity contribution in [3.05, 3.63) is 52.6 Å². The van der Waals surface area contributed by atoms with Crippen LogP contribution in [0.4, 0.5) is 13.2 Å². The predicted molar refractivity (Wildman–Crippen MR) is 67.0 cm³/mol. The second-order valence-electron chi connectivity index (χ2n) is 4.42. The average Bonchev–Trinajstić information content (AvgIpc) is 2.76. The second-order valence-corrected chi connectivity index (χ2v) is 4.42. The molecular weight excluding hydrogens is 269 g/mol. The molecule has 0 unspecified atom stereocenters. The van der Waals surface area contributed by atoms with Gasteiger partial charge in [-0.1, -0.05) is 0 Å². The van der Waals surface area contributed by atoms with E-state index >= 15 is 0 Å². The Kier molecular flexibility index (Phi) is 3.92. The van der Waals surface area contributed by atoms with Crippen molar-refractivity contribution in [1.82, 2.24) is 9.78 Å². The van der Waals surface area contributed by atoms with Crippen LogP contribution in [0.5, 0.6) is 0 Å². The summed E-state index contributed by atoms with van der Waals surface area (Å²) in [6.45, 7) is 4.20. The molecule has 0 N–H and O–H groups in total. The molecule has 0 aliphatic rings. The SMILES string of the molecule is CCn1nc(C)cc1CC(=O)c1ccc(F)c(F)c1F. The van der Waals surface area contributed by atoms with E-state index in [1.807, 2.05) is 6.92 Å². The highest BCUT2D eigenvalue weighted by atomic mass is 19.2. The van der Waals surface area contributed by atoms with Crippen molar-refractivity contribution in [2.45, 2.75) is 26.8 Å². The smallest absolute Gasteiger partial charge is 0.195 e. The first kappa shape index (κ1) is 14.3. The molecule has 6 heteroatoms. The van der Waals surface area contributed by atoms with Crippen molar-refractivity contribution in [3.8, 4) is 0 Å². The topological polar surface area (TPSA) is 34.9 Å². The maximum Gasteiger partial charge on any atom is 0.195 e. The van der Waals surface area contributed by atoms with Crippen molar-refractivity contribution in [2.24, 2.45) is 0 Å². The van der Waals surface area contributed by atoms with Crippen LogP contribution in [-0.4, -0.2) is 15.6 Å². The minimum absolute atomic E-state index is 0.114. The maximum absolute atomic E-state index is 13.5. The van der Waals surface area contributed by atoms with Gasteiger partial charge in [0.15, 0.2) is 23.2 Å². The van der Waals surface area contributed by atoms with Gasteiger partial charge in [-0.25, -0.2) is 13.2 Å². The molecule has 1 aromatic heterocycles. The standard InChI is InChI=1S/C14H13F3N2O/c1-3-19-9(6-8(2)18-19)7-12(20)10-4-5-11(15)14(17)13(10)16/h4-6H,3,7H2,1-2H3. The van der Waals surface area contributed by atoms with Crippen molar-refractivity contribution in [1.29, 1.82) is 0 Å². The number of carbonyl (C=O) groups excluding carboxylic acids is 1. The molecule has 0 radical (unpaired) electrons. The van der Waals surface area contributed by atoms with Gasteiger partial charge in [-0.15, -0.1) is 0 Å². The fourth-order valence-electron chi connectivity index (χ4n) is 2.02. The first-order valence-electron chi connectivity index (χ1n) is 6.14.